The largest absolute Gasteiger partial charge is 0.476 e. The van der Waals surface area contributed by atoms with Crippen LogP contribution in [0.5, 0.6) is 5.88 Å². The molecule has 10 heteroatoms. The third kappa shape index (κ3) is 6.22. The molecule has 0 aliphatic carbocycles. The second-order valence-corrected chi connectivity index (χ2v) is 5.77. The van der Waals surface area contributed by atoms with E-state index in [2.05, 4.69) is 20.6 Å². The number of carbonyl (C=O) groups is 2. The van der Waals surface area contributed by atoms with E-state index in [9.17, 15) is 22.8 Å². The molecule has 2 aromatic heterocycles. The van der Waals surface area contributed by atoms with Crippen LogP contribution < -0.4 is 15.4 Å². The Morgan fingerprint density at radius 2 is 1.96 bits per heavy atom. The first-order valence-electron chi connectivity index (χ1n) is 8.42. The van der Waals surface area contributed by atoms with Gasteiger partial charge in [-0.15, -0.1) is 0 Å². The van der Waals surface area contributed by atoms with Crippen molar-refractivity contribution < 1.29 is 27.5 Å². The Kier molecular flexibility index (Phi) is 6.91. The number of aryl methyl sites for hydroxylation is 1. The van der Waals surface area contributed by atoms with Crippen molar-refractivity contribution >= 4 is 17.6 Å². The summed E-state index contributed by atoms with van der Waals surface area (Å²) in [5.74, 6) is -0.322. The molecule has 2 N–H and O–H groups in total. The van der Waals surface area contributed by atoms with Crippen LogP contribution in [0, 0.1) is 6.92 Å². The van der Waals surface area contributed by atoms with Crippen molar-refractivity contribution in [3.05, 3.63) is 47.3 Å². The molecule has 0 bridgehead atoms. The Hall–Kier alpha value is -3.17. The molecular weight excluding hydrogens is 377 g/mol. The fourth-order valence-corrected chi connectivity index (χ4v) is 2.15. The van der Waals surface area contributed by atoms with E-state index in [1.54, 1.807) is 19.9 Å². The van der Waals surface area contributed by atoms with E-state index >= 15 is 0 Å². The molecule has 0 radical (unpaired) electrons. The second-order valence-electron chi connectivity index (χ2n) is 5.77. The number of alkyl halides is 3. The number of ether oxygens (including phenoxy) is 1. The summed E-state index contributed by atoms with van der Waals surface area (Å²) >= 11 is 0. The molecule has 2 amide bonds. The lowest BCUT2D eigenvalue weighted by Gasteiger charge is -2.10. The predicted molar refractivity (Wildman–Crippen MR) is 95.0 cm³/mol. The lowest BCUT2D eigenvalue weighted by atomic mass is 10.2. The number of pyridine rings is 2. The lowest BCUT2D eigenvalue weighted by molar-refractivity contribution is -0.137. The molecule has 0 aromatic carbocycles. The molecule has 0 aliphatic heterocycles. The number of anilines is 1. The van der Waals surface area contributed by atoms with E-state index in [1.807, 2.05) is 0 Å². The minimum atomic E-state index is -4.46. The van der Waals surface area contributed by atoms with Crippen LogP contribution >= 0.6 is 0 Å². The fourth-order valence-electron chi connectivity index (χ4n) is 2.15. The summed E-state index contributed by atoms with van der Waals surface area (Å²) in [4.78, 5) is 31.4. The lowest BCUT2D eigenvalue weighted by Crippen LogP contribution is -2.28. The molecule has 0 fully saturated rings. The maximum absolute atomic E-state index is 12.5. The third-order valence-corrected chi connectivity index (χ3v) is 3.51. The maximum Gasteiger partial charge on any atom is 0.417 e. The molecule has 2 rings (SSSR count). The molecular formula is C18H19F3N4O3. The Morgan fingerprint density at radius 1 is 1.21 bits per heavy atom. The van der Waals surface area contributed by atoms with Crippen LogP contribution in [0.25, 0.3) is 0 Å². The summed E-state index contributed by atoms with van der Waals surface area (Å²) in [5.41, 5.74) is 0.00277. The number of aromatic nitrogens is 2. The van der Waals surface area contributed by atoms with E-state index in [0.717, 1.165) is 12.1 Å². The number of carbonyl (C=O) groups excluding carboxylic acids is 2. The van der Waals surface area contributed by atoms with Gasteiger partial charge in [-0.3, -0.25) is 9.59 Å². The van der Waals surface area contributed by atoms with Crippen LogP contribution in [0.3, 0.4) is 0 Å². The summed E-state index contributed by atoms with van der Waals surface area (Å²) < 4.78 is 42.6. The van der Waals surface area contributed by atoms with Gasteiger partial charge in [0.05, 0.1) is 12.1 Å². The van der Waals surface area contributed by atoms with Crippen molar-refractivity contribution in [1.29, 1.82) is 0 Å². The minimum Gasteiger partial charge on any atom is -0.476 e. The van der Waals surface area contributed by atoms with E-state index in [4.69, 9.17) is 4.74 Å². The molecule has 150 valence electrons. The quantitative estimate of drug-likeness (QED) is 0.702. The van der Waals surface area contributed by atoms with E-state index in [0.29, 0.717) is 17.5 Å². The highest BCUT2D eigenvalue weighted by molar-refractivity contribution is 5.96. The number of amides is 2. The topological polar surface area (TPSA) is 93.2 Å². The number of nitrogens with zero attached hydrogens (tertiary/aromatic N) is 2. The SMILES string of the molecule is CCC(=O)Nc1cc(C(=O)NCCOc2ccc(C(F)(F)F)cn2)cc(C)n1. The molecule has 7 nitrogen and oxygen atoms in total. The van der Waals surface area contributed by atoms with Crippen molar-refractivity contribution in [2.75, 3.05) is 18.5 Å². The van der Waals surface area contributed by atoms with Crippen LogP contribution in [-0.2, 0) is 11.0 Å². The third-order valence-electron chi connectivity index (χ3n) is 3.51. The number of hydrogen-bond acceptors (Lipinski definition) is 5. The Bertz CT molecular complexity index is 839. The standard InChI is InChI=1S/C18H19F3N4O3/c1-3-15(26)25-14-9-12(8-11(2)24-14)17(27)22-6-7-28-16-5-4-13(10-23-16)18(19,20)21/h4-5,8-10H,3,6-7H2,1-2H3,(H,22,27)(H,24,25,26). The smallest absolute Gasteiger partial charge is 0.417 e. The Morgan fingerprint density at radius 3 is 2.57 bits per heavy atom. The average Bonchev–Trinajstić information content (AvgIpc) is 2.64. The molecule has 0 aliphatic rings. The van der Waals surface area contributed by atoms with Gasteiger partial charge in [-0.1, -0.05) is 6.92 Å². The zero-order valence-electron chi connectivity index (χ0n) is 15.3. The Balaban J connectivity index is 1.86. The summed E-state index contributed by atoms with van der Waals surface area (Å²) in [5, 5.41) is 5.20. The molecule has 2 heterocycles. The van der Waals surface area contributed by atoms with Crippen molar-refractivity contribution in [1.82, 2.24) is 15.3 Å². The number of halogens is 3. The highest BCUT2D eigenvalue weighted by Crippen LogP contribution is 2.29. The fraction of sp³-hybridized carbons (Fsp3) is 0.333. The Labute approximate surface area is 159 Å². The van der Waals surface area contributed by atoms with Crippen molar-refractivity contribution in [3.8, 4) is 5.88 Å². The number of nitrogens with one attached hydrogen (secondary N) is 2. The van der Waals surface area contributed by atoms with Crippen LogP contribution in [0.15, 0.2) is 30.5 Å². The molecule has 0 saturated carbocycles. The van der Waals surface area contributed by atoms with Gasteiger partial charge in [-0.25, -0.2) is 9.97 Å². The molecule has 2 aromatic rings. The van der Waals surface area contributed by atoms with E-state index < -0.39 is 17.6 Å². The van der Waals surface area contributed by atoms with Gasteiger partial charge in [0.1, 0.15) is 12.4 Å². The van der Waals surface area contributed by atoms with Gasteiger partial charge in [0.25, 0.3) is 5.91 Å². The van der Waals surface area contributed by atoms with Crippen molar-refractivity contribution in [2.24, 2.45) is 0 Å². The van der Waals surface area contributed by atoms with Gasteiger partial charge in [0.15, 0.2) is 0 Å². The molecule has 28 heavy (non-hydrogen) atoms. The first-order valence-corrected chi connectivity index (χ1v) is 8.42. The summed E-state index contributed by atoms with van der Waals surface area (Å²) in [6.07, 6.45) is -3.50. The van der Waals surface area contributed by atoms with Gasteiger partial charge >= 0.3 is 6.18 Å². The van der Waals surface area contributed by atoms with Crippen molar-refractivity contribution in [2.45, 2.75) is 26.4 Å². The highest BCUT2D eigenvalue weighted by atomic mass is 19.4. The second kappa shape index (κ2) is 9.16. The number of rotatable bonds is 7. The average molecular weight is 396 g/mol. The zero-order chi connectivity index (χ0) is 20.7. The number of hydrogen-bond donors (Lipinski definition) is 2. The van der Waals surface area contributed by atoms with Crippen LogP contribution in [0.1, 0.15) is 35.0 Å². The van der Waals surface area contributed by atoms with Crippen LogP contribution in [0.2, 0.25) is 0 Å². The first-order chi connectivity index (χ1) is 13.2. The molecule has 0 atom stereocenters. The van der Waals surface area contributed by atoms with Crippen molar-refractivity contribution in [3.63, 3.8) is 0 Å². The van der Waals surface area contributed by atoms with Gasteiger partial charge in [-0.2, -0.15) is 13.2 Å². The van der Waals surface area contributed by atoms with Crippen LogP contribution in [-0.4, -0.2) is 34.9 Å². The van der Waals surface area contributed by atoms with E-state index in [-0.39, 0.29) is 37.2 Å². The predicted octanol–water partition coefficient (Wildman–Crippen LogP) is 2.96. The highest BCUT2D eigenvalue weighted by Gasteiger charge is 2.30. The van der Waals surface area contributed by atoms with E-state index in [1.165, 1.54) is 6.07 Å². The van der Waals surface area contributed by atoms with Gasteiger partial charge in [0.2, 0.25) is 11.8 Å². The summed E-state index contributed by atoms with van der Waals surface area (Å²) in [6.45, 7) is 3.52. The monoisotopic (exact) mass is 396 g/mol. The summed E-state index contributed by atoms with van der Waals surface area (Å²) in [7, 11) is 0. The van der Waals surface area contributed by atoms with Crippen LogP contribution in [0.4, 0.5) is 19.0 Å². The summed E-state index contributed by atoms with van der Waals surface area (Å²) in [6, 6.07) is 5.00. The van der Waals surface area contributed by atoms with Gasteiger partial charge < -0.3 is 15.4 Å². The minimum absolute atomic E-state index is 0.0200. The van der Waals surface area contributed by atoms with Gasteiger partial charge in [0, 0.05) is 29.9 Å². The first kappa shape index (κ1) is 21.1. The molecule has 0 unspecified atom stereocenters. The normalized spacial score (nSPS) is 11.0. The van der Waals surface area contributed by atoms with Gasteiger partial charge in [-0.05, 0) is 25.1 Å². The zero-order valence-corrected chi connectivity index (χ0v) is 15.3. The molecule has 0 spiro atoms. The maximum atomic E-state index is 12.5. The molecule has 0 saturated heterocycles.